The summed E-state index contributed by atoms with van der Waals surface area (Å²) in [7, 11) is 0. The molecule has 0 radical (unpaired) electrons. The first-order chi connectivity index (χ1) is 11.5. The van der Waals surface area contributed by atoms with Gasteiger partial charge in [0.1, 0.15) is 17.6 Å². The van der Waals surface area contributed by atoms with Crippen LogP contribution in [0.3, 0.4) is 0 Å². The van der Waals surface area contributed by atoms with Crippen LogP contribution >= 0.6 is 11.3 Å². The number of carbonyl (C=O) groups is 1. The number of amides is 1. The average molecular weight is 356 g/mol. The first kappa shape index (κ1) is 20.6. The third kappa shape index (κ3) is 9.00. The maximum Gasteiger partial charge on any atom is 0.273 e. The van der Waals surface area contributed by atoms with Crippen LogP contribution in [0.25, 0.3) is 0 Å². The van der Waals surface area contributed by atoms with E-state index < -0.39 is 6.10 Å². The van der Waals surface area contributed by atoms with Crippen LogP contribution in [0.5, 0.6) is 5.19 Å². The van der Waals surface area contributed by atoms with Crippen molar-refractivity contribution in [2.75, 3.05) is 19.7 Å². The number of rotatable bonds is 12. The second-order valence-electron chi connectivity index (χ2n) is 5.80. The number of allylic oxidation sites excluding steroid dienone is 2. The van der Waals surface area contributed by atoms with Crippen molar-refractivity contribution < 1.29 is 14.6 Å². The third-order valence-corrected chi connectivity index (χ3v) is 4.01. The molecular formula is C17H29N3O3S. The molecule has 0 aromatic carbocycles. The van der Waals surface area contributed by atoms with Gasteiger partial charge in [-0.25, -0.2) is 4.98 Å². The van der Waals surface area contributed by atoms with Crippen molar-refractivity contribution >= 4 is 17.2 Å². The van der Waals surface area contributed by atoms with Gasteiger partial charge in [0.05, 0.1) is 6.20 Å². The number of hydrogen-bond acceptors (Lipinski definition) is 6. The maximum absolute atomic E-state index is 12.0. The van der Waals surface area contributed by atoms with Gasteiger partial charge in [0, 0.05) is 19.1 Å². The Morgan fingerprint density at radius 3 is 2.96 bits per heavy atom. The second kappa shape index (κ2) is 12.0. The molecule has 1 heterocycles. The molecule has 1 unspecified atom stereocenters. The number of thiazole rings is 1. The van der Waals surface area contributed by atoms with Crippen LogP contribution in [0, 0.1) is 0 Å². The monoisotopic (exact) mass is 355 g/mol. The van der Waals surface area contributed by atoms with Crippen molar-refractivity contribution in [3.63, 3.8) is 0 Å². The van der Waals surface area contributed by atoms with E-state index >= 15 is 0 Å². The number of hydrogen-bond donors (Lipinski definition) is 3. The minimum atomic E-state index is -0.607. The first-order valence-electron chi connectivity index (χ1n) is 8.46. The maximum atomic E-state index is 12.0. The topological polar surface area (TPSA) is 83.5 Å². The quantitative estimate of drug-likeness (QED) is 0.396. The van der Waals surface area contributed by atoms with Gasteiger partial charge in [0.2, 0.25) is 0 Å². The number of aromatic nitrogens is 1. The number of aliphatic hydroxyl groups is 1. The summed E-state index contributed by atoms with van der Waals surface area (Å²) in [6.07, 6.45) is 8.07. The Morgan fingerprint density at radius 1 is 1.46 bits per heavy atom. The molecule has 24 heavy (non-hydrogen) atoms. The molecule has 1 aromatic rings. The van der Waals surface area contributed by atoms with Crippen LogP contribution in [-0.4, -0.2) is 47.8 Å². The highest BCUT2D eigenvalue weighted by atomic mass is 32.1. The lowest BCUT2D eigenvalue weighted by molar-refractivity contribution is 0.0957. The van der Waals surface area contributed by atoms with Gasteiger partial charge in [-0.2, -0.15) is 0 Å². The van der Waals surface area contributed by atoms with Gasteiger partial charge >= 0.3 is 0 Å². The van der Waals surface area contributed by atoms with Crippen molar-refractivity contribution in [2.45, 2.75) is 52.2 Å². The Hall–Kier alpha value is -1.44. The smallest absolute Gasteiger partial charge is 0.273 e. The molecule has 0 aliphatic rings. The number of nitrogens with zero attached hydrogens (tertiary/aromatic N) is 1. The van der Waals surface area contributed by atoms with E-state index in [0.29, 0.717) is 29.2 Å². The second-order valence-corrected chi connectivity index (χ2v) is 6.79. The van der Waals surface area contributed by atoms with E-state index in [9.17, 15) is 9.90 Å². The van der Waals surface area contributed by atoms with E-state index in [0.717, 1.165) is 19.3 Å². The first-order valence-corrected chi connectivity index (χ1v) is 9.27. The fourth-order valence-corrected chi connectivity index (χ4v) is 2.51. The molecule has 1 amide bonds. The lowest BCUT2D eigenvalue weighted by atomic mass is 10.2. The Kier molecular flexibility index (Phi) is 10.3. The minimum Gasteiger partial charge on any atom is -0.467 e. The number of nitrogens with one attached hydrogen (secondary N) is 2. The molecule has 0 aliphatic carbocycles. The van der Waals surface area contributed by atoms with Crippen LogP contribution in [0.2, 0.25) is 0 Å². The van der Waals surface area contributed by atoms with Gasteiger partial charge in [-0.15, -0.1) is 0 Å². The van der Waals surface area contributed by atoms with E-state index in [-0.39, 0.29) is 12.5 Å². The van der Waals surface area contributed by atoms with Crippen molar-refractivity contribution in [3.05, 3.63) is 23.2 Å². The zero-order valence-corrected chi connectivity index (χ0v) is 15.6. The summed E-state index contributed by atoms with van der Waals surface area (Å²) in [6, 6.07) is 0.312. The van der Waals surface area contributed by atoms with Crippen LogP contribution in [0.15, 0.2) is 18.3 Å². The van der Waals surface area contributed by atoms with E-state index in [2.05, 4.69) is 34.7 Å². The number of aliphatic hydroxyl groups excluding tert-OH is 1. The number of unbranched alkanes of at least 4 members (excludes halogenated alkanes) is 1. The van der Waals surface area contributed by atoms with Crippen LogP contribution in [0.1, 0.15) is 49.7 Å². The van der Waals surface area contributed by atoms with Crippen molar-refractivity contribution in [1.29, 1.82) is 0 Å². The summed E-state index contributed by atoms with van der Waals surface area (Å²) in [5.41, 5.74) is 0. The summed E-state index contributed by atoms with van der Waals surface area (Å²) in [5.74, 6) is -0.135. The Balaban J connectivity index is 2.26. The molecule has 6 nitrogen and oxygen atoms in total. The summed E-state index contributed by atoms with van der Waals surface area (Å²) < 4.78 is 5.43. The third-order valence-electron chi connectivity index (χ3n) is 3.10. The highest BCUT2D eigenvalue weighted by Crippen LogP contribution is 2.20. The molecule has 0 saturated heterocycles. The summed E-state index contributed by atoms with van der Waals surface area (Å²) in [6.45, 7) is 7.38. The molecule has 136 valence electrons. The summed E-state index contributed by atoms with van der Waals surface area (Å²) in [4.78, 5) is 16.6. The van der Waals surface area contributed by atoms with Crippen LogP contribution < -0.4 is 15.4 Å². The van der Waals surface area contributed by atoms with Gasteiger partial charge in [0.25, 0.3) is 11.1 Å². The molecule has 1 rings (SSSR count). The van der Waals surface area contributed by atoms with Gasteiger partial charge in [-0.3, -0.25) is 4.79 Å². The average Bonchev–Trinajstić information content (AvgIpc) is 3.03. The van der Waals surface area contributed by atoms with E-state index in [4.69, 9.17) is 4.74 Å². The predicted molar refractivity (Wildman–Crippen MR) is 97.8 cm³/mol. The molecule has 0 fully saturated rings. The molecule has 0 bridgehead atoms. The summed E-state index contributed by atoms with van der Waals surface area (Å²) >= 11 is 1.19. The van der Waals surface area contributed by atoms with E-state index in [1.807, 2.05) is 13.8 Å². The molecule has 0 saturated carbocycles. The molecule has 0 aliphatic heterocycles. The molecule has 7 heteroatoms. The minimum absolute atomic E-state index is 0.135. The molecule has 1 aromatic heterocycles. The lowest BCUT2D eigenvalue weighted by Gasteiger charge is -2.13. The number of ether oxygens (including phenoxy) is 1. The van der Waals surface area contributed by atoms with Crippen molar-refractivity contribution in [3.8, 4) is 5.19 Å². The van der Waals surface area contributed by atoms with Gasteiger partial charge in [-0.1, -0.05) is 44.3 Å². The lowest BCUT2D eigenvalue weighted by Crippen LogP contribution is -2.35. The molecule has 0 spiro atoms. The fraction of sp³-hybridized carbons (Fsp3) is 0.647. The standard InChI is InChI=1S/C17H29N3O3S/c1-4-5-6-7-8-9-18-16(22)15-11-20-17(24-15)23-12-14(21)10-19-13(2)3/h5-6,11,13-14,19,21H,4,7-10,12H2,1-3H3,(H,18,22)/b6-5+. The molecule has 1 atom stereocenters. The predicted octanol–water partition coefficient (Wildman–Crippen LogP) is 2.36. The van der Waals surface area contributed by atoms with Crippen molar-refractivity contribution in [1.82, 2.24) is 15.6 Å². The van der Waals surface area contributed by atoms with E-state index in [1.54, 1.807) is 0 Å². The normalized spacial score (nSPS) is 12.7. The highest BCUT2D eigenvalue weighted by Gasteiger charge is 2.12. The SMILES string of the molecule is CC/C=C/CCCNC(=O)c1cnc(OCC(O)CNC(C)C)s1. The summed E-state index contributed by atoms with van der Waals surface area (Å²) in [5, 5.41) is 16.2. The van der Waals surface area contributed by atoms with Crippen LogP contribution in [-0.2, 0) is 0 Å². The van der Waals surface area contributed by atoms with Crippen molar-refractivity contribution in [2.24, 2.45) is 0 Å². The van der Waals surface area contributed by atoms with Gasteiger partial charge in [-0.05, 0) is 19.3 Å². The number of carbonyl (C=O) groups excluding carboxylic acids is 1. The van der Waals surface area contributed by atoms with E-state index in [1.165, 1.54) is 17.5 Å². The van der Waals surface area contributed by atoms with Gasteiger partial charge < -0.3 is 20.5 Å². The zero-order valence-electron chi connectivity index (χ0n) is 14.7. The highest BCUT2D eigenvalue weighted by molar-refractivity contribution is 7.15. The fourth-order valence-electron chi connectivity index (χ4n) is 1.82. The van der Waals surface area contributed by atoms with Crippen LogP contribution in [0.4, 0.5) is 0 Å². The van der Waals surface area contributed by atoms with Gasteiger partial charge in [0.15, 0.2) is 0 Å². The zero-order chi connectivity index (χ0) is 17.8. The largest absolute Gasteiger partial charge is 0.467 e. The Labute approximate surface area is 148 Å². The molecular weight excluding hydrogens is 326 g/mol. The Bertz CT molecular complexity index is 503. The molecule has 3 N–H and O–H groups in total. The Morgan fingerprint density at radius 2 is 2.25 bits per heavy atom.